The van der Waals surface area contributed by atoms with Crippen LogP contribution in [0.4, 0.5) is 0 Å². The van der Waals surface area contributed by atoms with Crippen molar-refractivity contribution in [2.24, 2.45) is 11.8 Å². The number of carboxylic acids is 1. The lowest BCUT2D eigenvalue weighted by Crippen LogP contribution is -2.38. The second-order valence-electron chi connectivity index (χ2n) is 5.34. The zero-order valence-electron chi connectivity index (χ0n) is 10.6. The number of carboxylic acid groups (broad SMARTS) is 1. The van der Waals surface area contributed by atoms with E-state index < -0.39 is 21.1 Å². The van der Waals surface area contributed by atoms with Gasteiger partial charge in [-0.1, -0.05) is 33.1 Å². The van der Waals surface area contributed by atoms with Gasteiger partial charge in [0.2, 0.25) is 0 Å². The monoisotopic (exact) mass is 262 g/mol. The van der Waals surface area contributed by atoms with Crippen molar-refractivity contribution in [1.82, 2.24) is 0 Å². The fraction of sp³-hybridized carbons (Fsp3) is 0.917. The largest absolute Gasteiger partial charge is 0.480 e. The van der Waals surface area contributed by atoms with Crippen LogP contribution in [0, 0.1) is 11.8 Å². The molecule has 1 aliphatic carbocycles. The van der Waals surface area contributed by atoms with Crippen molar-refractivity contribution < 1.29 is 18.3 Å². The van der Waals surface area contributed by atoms with Crippen LogP contribution in [0.3, 0.4) is 0 Å². The molecular formula is C12H22O4S. The van der Waals surface area contributed by atoms with E-state index in [-0.39, 0.29) is 17.6 Å². The lowest BCUT2D eigenvalue weighted by molar-refractivity contribution is -0.137. The molecule has 1 aliphatic rings. The quantitative estimate of drug-likeness (QED) is 0.823. The van der Waals surface area contributed by atoms with Gasteiger partial charge in [0.25, 0.3) is 0 Å². The maximum Gasteiger partial charge on any atom is 0.322 e. The van der Waals surface area contributed by atoms with E-state index in [9.17, 15) is 13.2 Å². The average Bonchev–Trinajstić information content (AvgIpc) is 2.15. The van der Waals surface area contributed by atoms with Gasteiger partial charge in [-0.25, -0.2) is 8.42 Å². The Hall–Kier alpha value is -0.580. The Kier molecular flexibility index (Phi) is 4.98. The Morgan fingerprint density at radius 1 is 1.24 bits per heavy atom. The highest BCUT2D eigenvalue weighted by molar-refractivity contribution is 7.92. The molecule has 4 nitrogen and oxygen atoms in total. The maximum atomic E-state index is 12.1. The molecule has 1 unspecified atom stereocenters. The molecule has 0 amide bonds. The summed E-state index contributed by atoms with van der Waals surface area (Å²) in [5.74, 6) is -1.38. The van der Waals surface area contributed by atoms with Crippen LogP contribution in [0.25, 0.3) is 0 Å². The Labute approximate surface area is 103 Å². The summed E-state index contributed by atoms with van der Waals surface area (Å²) >= 11 is 0. The van der Waals surface area contributed by atoms with E-state index in [1.165, 1.54) is 6.42 Å². The van der Waals surface area contributed by atoms with E-state index >= 15 is 0 Å². The molecule has 1 saturated carbocycles. The molecule has 0 spiro atoms. The third-order valence-electron chi connectivity index (χ3n) is 3.43. The molecule has 100 valence electrons. The number of carbonyl (C=O) groups is 1. The number of sulfone groups is 1. The molecule has 1 fully saturated rings. The predicted octanol–water partition coefficient (Wildman–Crippen LogP) is 2.09. The summed E-state index contributed by atoms with van der Waals surface area (Å²) < 4.78 is 24.2. The van der Waals surface area contributed by atoms with Gasteiger partial charge in [-0.2, -0.15) is 0 Å². The van der Waals surface area contributed by atoms with Crippen LogP contribution < -0.4 is 0 Å². The van der Waals surface area contributed by atoms with Crippen molar-refractivity contribution in [3.8, 4) is 0 Å². The molecule has 0 aromatic carbocycles. The van der Waals surface area contributed by atoms with Crippen molar-refractivity contribution in [2.75, 3.05) is 5.75 Å². The fourth-order valence-corrected chi connectivity index (χ4v) is 4.97. The van der Waals surface area contributed by atoms with Crippen LogP contribution in [0.2, 0.25) is 0 Å². The average molecular weight is 262 g/mol. The SMILES string of the molecule is CC(C)C(C(=O)O)S(=O)(=O)CC1CCCCC1. The lowest BCUT2D eigenvalue weighted by atomic mass is 9.91. The normalized spacial score (nSPS) is 20.4. The lowest BCUT2D eigenvalue weighted by Gasteiger charge is -2.24. The topological polar surface area (TPSA) is 71.4 Å². The number of hydrogen-bond acceptors (Lipinski definition) is 3. The first-order valence-corrected chi connectivity index (χ1v) is 8.00. The molecule has 0 aromatic heterocycles. The van der Waals surface area contributed by atoms with Crippen molar-refractivity contribution in [3.63, 3.8) is 0 Å². The first-order valence-electron chi connectivity index (χ1n) is 6.29. The summed E-state index contributed by atoms with van der Waals surface area (Å²) in [6.45, 7) is 3.30. The predicted molar refractivity (Wildman–Crippen MR) is 66.6 cm³/mol. The Balaban J connectivity index is 2.74. The van der Waals surface area contributed by atoms with E-state index in [0.29, 0.717) is 0 Å². The number of hydrogen-bond donors (Lipinski definition) is 1. The summed E-state index contributed by atoms with van der Waals surface area (Å²) in [5.41, 5.74) is 0. The Bertz CT molecular complexity index is 353. The van der Waals surface area contributed by atoms with Crippen LogP contribution in [0.15, 0.2) is 0 Å². The highest BCUT2D eigenvalue weighted by atomic mass is 32.2. The fourth-order valence-electron chi connectivity index (χ4n) is 2.64. The molecule has 1 N–H and O–H groups in total. The minimum Gasteiger partial charge on any atom is -0.480 e. The van der Waals surface area contributed by atoms with Gasteiger partial charge in [0, 0.05) is 0 Å². The summed E-state index contributed by atoms with van der Waals surface area (Å²) in [5, 5.41) is 7.78. The van der Waals surface area contributed by atoms with Gasteiger partial charge >= 0.3 is 5.97 Å². The van der Waals surface area contributed by atoms with Crippen LogP contribution in [-0.2, 0) is 14.6 Å². The van der Waals surface area contributed by atoms with E-state index in [0.717, 1.165) is 25.7 Å². The molecule has 1 rings (SSSR count). The summed E-state index contributed by atoms with van der Waals surface area (Å²) in [6.07, 6.45) is 5.15. The minimum atomic E-state index is -3.52. The van der Waals surface area contributed by atoms with Crippen molar-refractivity contribution in [2.45, 2.75) is 51.2 Å². The molecular weight excluding hydrogens is 240 g/mol. The van der Waals surface area contributed by atoms with E-state index in [1.54, 1.807) is 13.8 Å². The van der Waals surface area contributed by atoms with Gasteiger partial charge in [-0.3, -0.25) is 4.79 Å². The van der Waals surface area contributed by atoms with Crippen LogP contribution >= 0.6 is 0 Å². The summed E-state index contributed by atoms with van der Waals surface area (Å²) in [6, 6.07) is 0. The van der Waals surface area contributed by atoms with Gasteiger partial charge in [-0.05, 0) is 24.7 Å². The zero-order chi connectivity index (χ0) is 13.1. The number of rotatable bonds is 5. The molecule has 0 aromatic rings. The van der Waals surface area contributed by atoms with Crippen LogP contribution in [-0.4, -0.2) is 30.5 Å². The zero-order valence-corrected chi connectivity index (χ0v) is 11.4. The van der Waals surface area contributed by atoms with Crippen molar-refractivity contribution in [1.29, 1.82) is 0 Å². The standard InChI is InChI=1S/C12H22O4S/c1-9(2)11(12(13)14)17(15,16)8-10-6-4-3-5-7-10/h9-11H,3-8H2,1-2H3,(H,13,14). The second-order valence-corrected chi connectivity index (χ2v) is 7.50. The molecule has 0 aliphatic heterocycles. The van der Waals surface area contributed by atoms with Crippen molar-refractivity contribution in [3.05, 3.63) is 0 Å². The maximum absolute atomic E-state index is 12.1. The van der Waals surface area contributed by atoms with Gasteiger partial charge in [0.1, 0.15) is 0 Å². The highest BCUT2D eigenvalue weighted by Crippen LogP contribution is 2.27. The Morgan fingerprint density at radius 3 is 2.18 bits per heavy atom. The highest BCUT2D eigenvalue weighted by Gasteiger charge is 2.36. The molecule has 0 radical (unpaired) electrons. The van der Waals surface area contributed by atoms with E-state index in [4.69, 9.17) is 5.11 Å². The molecule has 1 atom stereocenters. The smallest absolute Gasteiger partial charge is 0.322 e. The summed E-state index contributed by atoms with van der Waals surface area (Å²) in [4.78, 5) is 11.1. The van der Waals surface area contributed by atoms with E-state index in [1.807, 2.05) is 0 Å². The van der Waals surface area contributed by atoms with Crippen LogP contribution in [0.1, 0.15) is 46.0 Å². The Morgan fingerprint density at radius 2 is 1.76 bits per heavy atom. The summed E-state index contributed by atoms with van der Waals surface area (Å²) in [7, 11) is -3.52. The number of aliphatic carboxylic acids is 1. The van der Waals surface area contributed by atoms with Crippen molar-refractivity contribution >= 4 is 15.8 Å². The molecule has 17 heavy (non-hydrogen) atoms. The molecule has 0 bridgehead atoms. The van der Waals surface area contributed by atoms with E-state index in [2.05, 4.69) is 0 Å². The van der Waals surface area contributed by atoms with Gasteiger partial charge < -0.3 is 5.11 Å². The second kappa shape index (κ2) is 5.85. The molecule has 5 heteroatoms. The van der Waals surface area contributed by atoms with Gasteiger partial charge in [0.05, 0.1) is 5.75 Å². The first-order chi connectivity index (χ1) is 7.84. The van der Waals surface area contributed by atoms with Gasteiger partial charge in [-0.15, -0.1) is 0 Å². The minimum absolute atomic E-state index is 0.0438. The third-order valence-corrected chi connectivity index (χ3v) is 5.88. The first kappa shape index (κ1) is 14.5. The third kappa shape index (κ3) is 3.98. The molecule has 0 saturated heterocycles. The van der Waals surface area contributed by atoms with Crippen LogP contribution in [0.5, 0.6) is 0 Å². The molecule has 0 heterocycles. The van der Waals surface area contributed by atoms with Gasteiger partial charge in [0.15, 0.2) is 15.1 Å².